The first kappa shape index (κ1) is 46.4. The summed E-state index contributed by atoms with van der Waals surface area (Å²) in [6, 6.07) is 0. The van der Waals surface area contributed by atoms with Gasteiger partial charge in [-0.2, -0.15) is 0 Å². The summed E-state index contributed by atoms with van der Waals surface area (Å²) in [5.74, 6) is -0.672. The van der Waals surface area contributed by atoms with Crippen LogP contribution in [0.2, 0.25) is 0 Å². The minimum atomic E-state index is -0.766. The van der Waals surface area contributed by atoms with Gasteiger partial charge in [0.1, 0.15) is 13.2 Å². The molecule has 0 aromatic rings. The molecule has 0 aromatic carbocycles. The topological polar surface area (TPSA) is 78.9 Å². The third kappa shape index (κ3) is 34.3. The van der Waals surface area contributed by atoms with Crippen LogP contribution in [0.3, 0.4) is 0 Å². The Morgan fingerprint density at radius 2 is 0.729 bits per heavy atom. The van der Waals surface area contributed by atoms with E-state index in [2.05, 4.69) is 20.8 Å². The number of esters is 3. The van der Waals surface area contributed by atoms with E-state index in [0.29, 0.717) is 19.3 Å². The highest BCUT2D eigenvalue weighted by Gasteiger charge is 2.21. The van der Waals surface area contributed by atoms with Crippen LogP contribution in [-0.2, 0) is 28.6 Å². The van der Waals surface area contributed by atoms with E-state index in [4.69, 9.17) is 14.2 Å². The lowest BCUT2D eigenvalue weighted by atomic mass is 10.0. The fourth-order valence-electron chi connectivity index (χ4n) is 6.32. The van der Waals surface area contributed by atoms with E-state index >= 15 is 0 Å². The number of hydrogen-bond acceptors (Lipinski definition) is 6. The smallest absolute Gasteiger partial charge is 0.306 e. The van der Waals surface area contributed by atoms with Crippen LogP contribution < -0.4 is 0 Å². The standard InChI is InChI=1S/C42H80O6/c1-5-8-10-12-14-16-18-20-22-24-26-28-30-33-40(43)46-36-39(48-42(45)35-38(4)32-7-3)37-47-41(44)34-31-29-27-25-23-21-19-17-15-13-11-9-6-2/h38-39H,5-37H2,1-4H3. The van der Waals surface area contributed by atoms with Gasteiger partial charge in [-0.1, -0.05) is 195 Å². The Morgan fingerprint density at radius 1 is 0.417 bits per heavy atom. The Labute approximate surface area is 298 Å². The zero-order valence-corrected chi connectivity index (χ0v) is 32.4. The summed E-state index contributed by atoms with van der Waals surface area (Å²) in [5.41, 5.74) is 0. The highest BCUT2D eigenvalue weighted by atomic mass is 16.6. The second kappa shape index (κ2) is 36.7. The van der Waals surface area contributed by atoms with Crippen LogP contribution in [0, 0.1) is 5.92 Å². The van der Waals surface area contributed by atoms with Gasteiger partial charge in [0.15, 0.2) is 6.10 Å². The van der Waals surface area contributed by atoms with Gasteiger partial charge in [0.2, 0.25) is 0 Å². The van der Waals surface area contributed by atoms with Crippen molar-refractivity contribution in [2.24, 2.45) is 5.92 Å². The molecule has 0 saturated carbocycles. The third-order valence-electron chi connectivity index (χ3n) is 9.42. The van der Waals surface area contributed by atoms with E-state index in [1.165, 1.54) is 128 Å². The van der Waals surface area contributed by atoms with E-state index in [9.17, 15) is 14.4 Å². The van der Waals surface area contributed by atoms with Crippen LogP contribution in [0.5, 0.6) is 0 Å². The van der Waals surface area contributed by atoms with E-state index in [0.717, 1.165) is 51.4 Å². The zero-order valence-electron chi connectivity index (χ0n) is 32.4. The van der Waals surface area contributed by atoms with Crippen molar-refractivity contribution in [2.45, 2.75) is 233 Å². The van der Waals surface area contributed by atoms with Crippen LogP contribution in [0.1, 0.15) is 227 Å². The van der Waals surface area contributed by atoms with Crippen molar-refractivity contribution in [1.29, 1.82) is 0 Å². The maximum absolute atomic E-state index is 12.5. The van der Waals surface area contributed by atoms with E-state index in [1.807, 2.05) is 6.92 Å². The maximum Gasteiger partial charge on any atom is 0.306 e. The van der Waals surface area contributed by atoms with Crippen molar-refractivity contribution in [3.8, 4) is 0 Å². The number of ether oxygens (including phenoxy) is 3. The summed E-state index contributed by atoms with van der Waals surface area (Å²) < 4.78 is 16.6. The quantitative estimate of drug-likeness (QED) is 0.0369. The molecule has 0 aliphatic carbocycles. The van der Waals surface area contributed by atoms with E-state index in [1.54, 1.807) is 0 Å². The summed E-state index contributed by atoms with van der Waals surface area (Å²) in [6.45, 7) is 8.50. The highest BCUT2D eigenvalue weighted by Crippen LogP contribution is 2.16. The van der Waals surface area contributed by atoms with Crippen molar-refractivity contribution in [3.63, 3.8) is 0 Å². The molecule has 1 unspecified atom stereocenters. The fraction of sp³-hybridized carbons (Fsp3) is 0.929. The van der Waals surface area contributed by atoms with Crippen molar-refractivity contribution >= 4 is 17.9 Å². The first-order chi connectivity index (χ1) is 23.4. The van der Waals surface area contributed by atoms with Gasteiger partial charge < -0.3 is 14.2 Å². The molecule has 6 nitrogen and oxygen atoms in total. The molecule has 0 N–H and O–H groups in total. The number of carbonyl (C=O) groups is 3. The summed E-state index contributed by atoms with van der Waals surface area (Å²) >= 11 is 0. The largest absolute Gasteiger partial charge is 0.462 e. The molecule has 284 valence electrons. The molecule has 0 rings (SSSR count). The third-order valence-corrected chi connectivity index (χ3v) is 9.42. The molecule has 0 fully saturated rings. The van der Waals surface area contributed by atoms with E-state index in [-0.39, 0.29) is 37.0 Å². The van der Waals surface area contributed by atoms with Gasteiger partial charge in [-0.25, -0.2) is 0 Å². The van der Waals surface area contributed by atoms with Gasteiger partial charge in [0.05, 0.1) is 0 Å². The van der Waals surface area contributed by atoms with Gasteiger partial charge in [0.25, 0.3) is 0 Å². The average molecular weight is 681 g/mol. The van der Waals surface area contributed by atoms with Crippen molar-refractivity contribution < 1.29 is 28.6 Å². The Kier molecular flexibility index (Phi) is 35.5. The first-order valence-corrected chi connectivity index (χ1v) is 20.9. The SMILES string of the molecule is CCCCCCCCCCCCCCCC(=O)OCC(COC(=O)CCCCCCCCCCCCCCC)OC(=O)CC(C)CCC. The van der Waals surface area contributed by atoms with Gasteiger partial charge in [-0.15, -0.1) is 0 Å². The van der Waals surface area contributed by atoms with Gasteiger partial charge in [0, 0.05) is 19.3 Å². The fourth-order valence-corrected chi connectivity index (χ4v) is 6.32. The lowest BCUT2D eigenvalue weighted by molar-refractivity contribution is -0.167. The Balaban J connectivity index is 4.15. The predicted molar refractivity (Wildman–Crippen MR) is 201 cm³/mol. The summed E-state index contributed by atoms with van der Waals surface area (Å²) in [4.78, 5) is 37.4. The molecule has 48 heavy (non-hydrogen) atoms. The van der Waals surface area contributed by atoms with Gasteiger partial charge >= 0.3 is 17.9 Å². The minimum Gasteiger partial charge on any atom is -0.462 e. The average Bonchev–Trinajstić information content (AvgIpc) is 3.06. The van der Waals surface area contributed by atoms with Crippen molar-refractivity contribution in [1.82, 2.24) is 0 Å². The zero-order chi connectivity index (χ0) is 35.3. The maximum atomic E-state index is 12.5. The molecule has 0 aromatic heterocycles. The van der Waals surface area contributed by atoms with Gasteiger partial charge in [-0.3, -0.25) is 14.4 Å². The normalized spacial score (nSPS) is 11.9. The molecule has 6 heteroatoms. The Morgan fingerprint density at radius 3 is 1.04 bits per heavy atom. The summed E-state index contributed by atoms with van der Waals surface area (Å²) in [7, 11) is 0. The molecule has 0 amide bonds. The van der Waals surface area contributed by atoms with Crippen LogP contribution in [0.4, 0.5) is 0 Å². The molecule has 0 saturated heterocycles. The van der Waals surface area contributed by atoms with Crippen molar-refractivity contribution in [2.75, 3.05) is 13.2 Å². The van der Waals surface area contributed by atoms with Crippen LogP contribution >= 0.6 is 0 Å². The molecule has 0 bridgehead atoms. The second-order valence-corrected chi connectivity index (χ2v) is 14.6. The monoisotopic (exact) mass is 681 g/mol. The lowest BCUT2D eigenvalue weighted by Gasteiger charge is -2.19. The highest BCUT2D eigenvalue weighted by molar-refractivity contribution is 5.71. The summed E-state index contributed by atoms with van der Waals surface area (Å²) in [6.07, 6.45) is 34.9. The number of carbonyl (C=O) groups excluding carboxylic acids is 3. The Bertz CT molecular complexity index is 677. The number of hydrogen-bond donors (Lipinski definition) is 0. The van der Waals surface area contributed by atoms with Crippen LogP contribution in [-0.4, -0.2) is 37.2 Å². The molecule has 0 radical (unpaired) electrons. The molecule has 0 heterocycles. The number of rotatable bonds is 37. The first-order valence-electron chi connectivity index (χ1n) is 20.9. The van der Waals surface area contributed by atoms with Crippen LogP contribution in [0.15, 0.2) is 0 Å². The van der Waals surface area contributed by atoms with Crippen LogP contribution in [0.25, 0.3) is 0 Å². The molecule has 0 aliphatic rings. The molecular formula is C42H80O6. The molecule has 1 atom stereocenters. The predicted octanol–water partition coefficient (Wildman–Crippen LogP) is 12.8. The molecule has 0 aliphatic heterocycles. The second-order valence-electron chi connectivity index (χ2n) is 14.6. The summed E-state index contributed by atoms with van der Waals surface area (Å²) in [5, 5.41) is 0. The van der Waals surface area contributed by atoms with E-state index < -0.39 is 6.10 Å². The lowest BCUT2D eigenvalue weighted by Crippen LogP contribution is -2.31. The minimum absolute atomic E-state index is 0.0722. The van der Waals surface area contributed by atoms with Gasteiger partial charge in [-0.05, 0) is 18.8 Å². The van der Waals surface area contributed by atoms with Crippen molar-refractivity contribution in [3.05, 3.63) is 0 Å². The number of unbranched alkanes of at least 4 members (excludes halogenated alkanes) is 24. The molecule has 0 spiro atoms. The Hall–Kier alpha value is -1.59. The molecular weight excluding hydrogens is 600 g/mol.